The molecule has 1 aliphatic heterocycles. The summed E-state index contributed by atoms with van der Waals surface area (Å²) in [5, 5.41) is 9.77. The zero-order valence-corrected chi connectivity index (χ0v) is 24.7. The van der Waals surface area contributed by atoms with Crippen LogP contribution in [0.1, 0.15) is 11.1 Å². The molecule has 0 aromatic heterocycles. The molecule has 8 aromatic rings. The Labute approximate surface area is 262 Å². The summed E-state index contributed by atoms with van der Waals surface area (Å²) in [7, 11) is 0. The van der Waals surface area contributed by atoms with E-state index >= 15 is 0 Å². The molecule has 0 atom stereocenters. The molecular weight excluding hydrogens is 544 g/mol. The highest BCUT2D eigenvalue weighted by atomic mass is 16.5. The standard InChI is InChI=1S/C44H28O/c1-3-27-26-42-43-39(35(27)4-2)12-8-13-40(43)41-14-7-11-38(44(41)45-42)34-20-18-30-23-29(16-17-31(30)25-34)32-21-22-37-33(24-32)19-15-28-9-5-6-10-36(28)37/h3-26H,1-2H2. The topological polar surface area (TPSA) is 9.23 Å². The highest BCUT2D eigenvalue weighted by molar-refractivity contribution is 6.10. The molecule has 0 unspecified atom stereocenters. The third-order valence-corrected chi connectivity index (χ3v) is 9.37. The maximum Gasteiger partial charge on any atom is 0.143 e. The van der Waals surface area contributed by atoms with Crippen LogP contribution in [-0.2, 0) is 0 Å². The Morgan fingerprint density at radius 3 is 1.91 bits per heavy atom. The van der Waals surface area contributed by atoms with Crippen molar-refractivity contribution in [2.24, 2.45) is 0 Å². The SMILES string of the molecule is C=Cc1cc2c3c(cccc3c1C=C)-c1cccc(-c3ccc4cc(-c5ccc6c(ccc7ccccc76)c5)ccc4c3)c1O2. The van der Waals surface area contributed by atoms with Crippen LogP contribution in [0.25, 0.3) is 88.6 Å². The molecule has 1 nitrogen and oxygen atoms in total. The molecule has 0 saturated heterocycles. The second-order valence-corrected chi connectivity index (χ2v) is 11.8. The summed E-state index contributed by atoms with van der Waals surface area (Å²) < 4.78 is 6.75. The Kier molecular flexibility index (Phi) is 5.57. The predicted octanol–water partition coefficient (Wildman–Crippen LogP) is 12.7. The molecule has 9 rings (SSSR count). The van der Waals surface area contributed by atoms with Gasteiger partial charge in [0.1, 0.15) is 11.5 Å². The quantitative estimate of drug-likeness (QED) is 0.191. The van der Waals surface area contributed by atoms with Gasteiger partial charge in [0.15, 0.2) is 0 Å². The van der Waals surface area contributed by atoms with Gasteiger partial charge in [0, 0.05) is 16.5 Å². The molecule has 0 N–H and O–H groups in total. The van der Waals surface area contributed by atoms with Crippen molar-refractivity contribution in [2.75, 3.05) is 0 Å². The van der Waals surface area contributed by atoms with Gasteiger partial charge in [-0.1, -0.05) is 135 Å². The molecule has 0 aliphatic carbocycles. The third-order valence-electron chi connectivity index (χ3n) is 9.37. The number of para-hydroxylation sites is 1. The van der Waals surface area contributed by atoms with E-state index in [2.05, 4.69) is 147 Å². The van der Waals surface area contributed by atoms with Gasteiger partial charge >= 0.3 is 0 Å². The first-order chi connectivity index (χ1) is 22.2. The van der Waals surface area contributed by atoms with Gasteiger partial charge in [0.25, 0.3) is 0 Å². The molecule has 0 radical (unpaired) electrons. The molecule has 1 aliphatic rings. The fourth-order valence-corrected chi connectivity index (χ4v) is 7.17. The average Bonchev–Trinajstić information content (AvgIpc) is 3.10. The van der Waals surface area contributed by atoms with Crippen molar-refractivity contribution in [1.82, 2.24) is 0 Å². The Bertz CT molecular complexity index is 2550. The van der Waals surface area contributed by atoms with Crippen LogP contribution in [0, 0.1) is 0 Å². The summed E-state index contributed by atoms with van der Waals surface area (Å²) in [6, 6.07) is 48.3. The van der Waals surface area contributed by atoms with E-state index in [9.17, 15) is 0 Å². The molecule has 1 heteroatoms. The Balaban J connectivity index is 1.13. The molecule has 0 bridgehead atoms. The van der Waals surface area contributed by atoms with Gasteiger partial charge in [-0.2, -0.15) is 0 Å². The van der Waals surface area contributed by atoms with Crippen LogP contribution in [0.15, 0.2) is 147 Å². The minimum absolute atomic E-state index is 0.856. The Morgan fingerprint density at radius 2 is 1.07 bits per heavy atom. The van der Waals surface area contributed by atoms with Gasteiger partial charge < -0.3 is 4.74 Å². The lowest BCUT2D eigenvalue weighted by atomic mass is 9.88. The molecule has 0 fully saturated rings. The third kappa shape index (κ3) is 3.88. The highest BCUT2D eigenvalue weighted by Gasteiger charge is 2.24. The van der Waals surface area contributed by atoms with Gasteiger partial charge in [0.2, 0.25) is 0 Å². The van der Waals surface area contributed by atoms with Crippen molar-refractivity contribution in [2.45, 2.75) is 0 Å². The zero-order valence-electron chi connectivity index (χ0n) is 24.7. The van der Waals surface area contributed by atoms with E-state index in [-0.39, 0.29) is 0 Å². The zero-order chi connectivity index (χ0) is 30.1. The smallest absolute Gasteiger partial charge is 0.143 e. The van der Waals surface area contributed by atoms with Crippen molar-refractivity contribution in [3.63, 3.8) is 0 Å². The first-order valence-electron chi connectivity index (χ1n) is 15.3. The number of hydrogen-bond donors (Lipinski definition) is 0. The van der Waals surface area contributed by atoms with Gasteiger partial charge in [-0.3, -0.25) is 0 Å². The minimum Gasteiger partial charge on any atom is -0.455 e. The molecule has 210 valence electrons. The number of benzene rings is 8. The van der Waals surface area contributed by atoms with Crippen LogP contribution >= 0.6 is 0 Å². The fraction of sp³-hybridized carbons (Fsp3) is 0. The molecule has 45 heavy (non-hydrogen) atoms. The number of hydrogen-bond acceptors (Lipinski definition) is 1. The largest absolute Gasteiger partial charge is 0.455 e. The molecule has 0 spiro atoms. The fourth-order valence-electron chi connectivity index (χ4n) is 7.17. The van der Waals surface area contributed by atoms with Crippen LogP contribution in [-0.4, -0.2) is 0 Å². The summed E-state index contributed by atoms with van der Waals surface area (Å²) in [5.41, 5.74) is 9.03. The van der Waals surface area contributed by atoms with Crippen LogP contribution in [0.5, 0.6) is 11.5 Å². The van der Waals surface area contributed by atoms with E-state index in [4.69, 9.17) is 4.74 Å². The van der Waals surface area contributed by atoms with Crippen LogP contribution < -0.4 is 4.74 Å². The van der Waals surface area contributed by atoms with Gasteiger partial charge in [-0.25, -0.2) is 0 Å². The van der Waals surface area contributed by atoms with E-state index in [0.29, 0.717) is 0 Å². The second kappa shape index (κ2) is 9.80. The molecule has 0 amide bonds. The summed E-state index contributed by atoms with van der Waals surface area (Å²) in [5.74, 6) is 1.74. The Hall–Kier alpha value is -5.92. The first-order valence-corrected chi connectivity index (χ1v) is 15.3. The lowest BCUT2D eigenvalue weighted by molar-refractivity contribution is 0.488. The van der Waals surface area contributed by atoms with E-state index in [1.807, 2.05) is 12.2 Å². The molecule has 1 heterocycles. The minimum atomic E-state index is 0.856. The second-order valence-electron chi connectivity index (χ2n) is 11.8. The normalized spacial score (nSPS) is 11.9. The van der Waals surface area contributed by atoms with Crippen molar-refractivity contribution in [1.29, 1.82) is 0 Å². The molecule has 0 saturated carbocycles. The van der Waals surface area contributed by atoms with Crippen molar-refractivity contribution >= 4 is 55.2 Å². The van der Waals surface area contributed by atoms with Gasteiger partial charge in [-0.05, 0) is 95.3 Å². The van der Waals surface area contributed by atoms with E-state index in [1.165, 1.54) is 49.0 Å². The lowest BCUT2D eigenvalue weighted by Crippen LogP contribution is -2.01. The van der Waals surface area contributed by atoms with Crippen LogP contribution in [0.4, 0.5) is 0 Å². The average molecular weight is 573 g/mol. The van der Waals surface area contributed by atoms with Crippen LogP contribution in [0.3, 0.4) is 0 Å². The maximum atomic E-state index is 6.75. The first kappa shape index (κ1) is 25.6. The number of rotatable bonds is 4. The number of fused-ring (bicyclic) bond motifs is 6. The van der Waals surface area contributed by atoms with E-state index in [1.54, 1.807) is 0 Å². The van der Waals surface area contributed by atoms with Crippen molar-refractivity contribution in [3.05, 3.63) is 158 Å². The monoisotopic (exact) mass is 572 g/mol. The molecule has 8 aromatic carbocycles. The van der Waals surface area contributed by atoms with Gasteiger partial charge in [0.05, 0.1) is 0 Å². The summed E-state index contributed by atoms with van der Waals surface area (Å²) in [4.78, 5) is 0. The van der Waals surface area contributed by atoms with E-state index < -0.39 is 0 Å². The van der Waals surface area contributed by atoms with Gasteiger partial charge in [-0.15, -0.1) is 0 Å². The van der Waals surface area contributed by atoms with Crippen molar-refractivity contribution in [3.8, 4) is 44.9 Å². The maximum absolute atomic E-state index is 6.75. The lowest BCUT2D eigenvalue weighted by Gasteiger charge is -2.25. The van der Waals surface area contributed by atoms with Crippen molar-refractivity contribution < 1.29 is 4.74 Å². The summed E-state index contributed by atoms with van der Waals surface area (Å²) in [6.45, 7) is 8.12. The summed E-state index contributed by atoms with van der Waals surface area (Å²) in [6.07, 6.45) is 3.79. The van der Waals surface area contributed by atoms with Crippen LogP contribution in [0.2, 0.25) is 0 Å². The highest BCUT2D eigenvalue weighted by Crippen LogP contribution is 2.51. The van der Waals surface area contributed by atoms with E-state index in [0.717, 1.165) is 50.1 Å². The summed E-state index contributed by atoms with van der Waals surface area (Å²) >= 11 is 0. The molecular formula is C44H28O. The number of ether oxygens (including phenoxy) is 1. The Morgan fingerprint density at radius 1 is 0.444 bits per heavy atom. The predicted molar refractivity (Wildman–Crippen MR) is 193 cm³/mol.